The van der Waals surface area contributed by atoms with Crippen LogP contribution in [0.5, 0.6) is 0 Å². The van der Waals surface area contributed by atoms with Gasteiger partial charge in [-0.3, -0.25) is 10.7 Å². The van der Waals surface area contributed by atoms with Crippen LogP contribution in [0.4, 0.5) is 11.4 Å². The number of hydrogen-bond donors (Lipinski definition) is 3. The lowest BCUT2D eigenvalue weighted by atomic mass is 10.3. The van der Waals surface area contributed by atoms with E-state index in [-0.39, 0.29) is 0 Å². The van der Waals surface area contributed by atoms with E-state index in [1.54, 1.807) is 21.6 Å². The molecule has 0 saturated heterocycles. The van der Waals surface area contributed by atoms with Crippen LogP contribution in [0.25, 0.3) is 0 Å². The van der Waals surface area contributed by atoms with Gasteiger partial charge in [0.15, 0.2) is 0 Å². The van der Waals surface area contributed by atoms with Crippen LogP contribution in [-0.2, 0) is 0 Å². The predicted octanol–water partition coefficient (Wildman–Crippen LogP) is 3.87. The Morgan fingerprint density at radius 3 is 1.76 bits per heavy atom. The topological polar surface area (TPSA) is 58.3 Å². The van der Waals surface area contributed by atoms with Gasteiger partial charge in [-0.15, -0.1) is 0 Å². The molecule has 0 atom stereocenters. The summed E-state index contributed by atoms with van der Waals surface area (Å²) in [5.41, 5.74) is 9.19. The van der Waals surface area contributed by atoms with Gasteiger partial charge in [0.2, 0.25) is 0 Å². The Hall–Kier alpha value is -1.30. The first-order valence-corrected chi connectivity index (χ1v) is 7.13. The highest BCUT2D eigenvalue weighted by molar-refractivity contribution is 8.76. The third kappa shape index (κ3) is 3.59. The van der Waals surface area contributed by atoms with E-state index in [0.717, 1.165) is 15.5 Å². The van der Waals surface area contributed by atoms with E-state index in [2.05, 4.69) is 5.48 Å². The monoisotopic (exact) mass is 264 g/mol. The fourth-order valence-corrected chi connectivity index (χ4v) is 3.14. The Bertz CT molecular complexity index is 471. The second kappa shape index (κ2) is 5.86. The quantitative estimate of drug-likeness (QED) is 0.444. The molecule has 2 aromatic rings. The molecule has 0 aromatic heterocycles. The van der Waals surface area contributed by atoms with Crippen molar-refractivity contribution in [1.82, 2.24) is 0 Å². The van der Waals surface area contributed by atoms with Crippen LogP contribution < -0.4 is 11.2 Å². The summed E-state index contributed by atoms with van der Waals surface area (Å²) in [5, 5.41) is 8.69. The Morgan fingerprint density at radius 2 is 1.29 bits per heavy atom. The van der Waals surface area contributed by atoms with Crippen molar-refractivity contribution in [2.45, 2.75) is 9.79 Å². The van der Waals surface area contributed by atoms with Crippen LogP contribution in [0.2, 0.25) is 0 Å². The number of nitrogen functional groups attached to an aromatic ring is 1. The molecule has 2 aromatic carbocycles. The standard InChI is InChI=1S/C12H12N2OS2/c13-9-1-5-11(6-2-9)16-17-12-7-3-10(14-15)4-8-12/h1-8,14-15H,13H2. The number of nitrogens with one attached hydrogen (secondary N) is 1. The van der Waals surface area contributed by atoms with Gasteiger partial charge < -0.3 is 5.73 Å². The molecule has 0 spiro atoms. The van der Waals surface area contributed by atoms with Crippen molar-refractivity contribution in [2.75, 3.05) is 11.2 Å². The lowest BCUT2D eigenvalue weighted by molar-refractivity contribution is 0.389. The zero-order chi connectivity index (χ0) is 12.1. The zero-order valence-electron chi connectivity index (χ0n) is 8.96. The van der Waals surface area contributed by atoms with Gasteiger partial charge in [-0.25, -0.2) is 0 Å². The van der Waals surface area contributed by atoms with E-state index in [4.69, 9.17) is 10.9 Å². The molecule has 5 heteroatoms. The van der Waals surface area contributed by atoms with Crippen LogP contribution >= 0.6 is 21.6 Å². The Labute approximate surface area is 108 Å². The van der Waals surface area contributed by atoms with E-state index in [0.29, 0.717) is 5.69 Å². The third-order valence-corrected chi connectivity index (χ3v) is 4.51. The highest BCUT2D eigenvalue weighted by Crippen LogP contribution is 2.37. The van der Waals surface area contributed by atoms with E-state index >= 15 is 0 Å². The van der Waals surface area contributed by atoms with Gasteiger partial charge in [0.05, 0.1) is 5.69 Å². The minimum Gasteiger partial charge on any atom is -0.399 e. The fourth-order valence-electron chi connectivity index (χ4n) is 1.20. The van der Waals surface area contributed by atoms with Gasteiger partial charge in [0.25, 0.3) is 0 Å². The van der Waals surface area contributed by atoms with Gasteiger partial charge in [-0.2, -0.15) is 0 Å². The van der Waals surface area contributed by atoms with Crippen molar-refractivity contribution >= 4 is 33.0 Å². The van der Waals surface area contributed by atoms with Crippen molar-refractivity contribution in [1.29, 1.82) is 0 Å². The molecule has 0 saturated carbocycles. The van der Waals surface area contributed by atoms with Crippen LogP contribution in [0.1, 0.15) is 0 Å². The SMILES string of the molecule is Nc1ccc(SSc2ccc(NO)cc2)cc1. The summed E-state index contributed by atoms with van der Waals surface area (Å²) in [6.45, 7) is 0. The molecule has 0 aliphatic heterocycles. The lowest BCUT2D eigenvalue weighted by Crippen LogP contribution is -1.87. The average Bonchev–Trinajstić information content (AvgIpc) is 2.39. The van der Waals surface area contributed by atoms with Gasteiger partial charge in [-0.05, 0) is 48.5 Å². The molecule has 2 rings (SSSR count). The van der Waals surface area contributed by atoms with Gasteiger partial charge in [0, 0.05) is 15.5 Å². The molecule has 0 bridgehead atoms. The van der Waals surface area contributed by atoms with Gasteiger partial charge in [-0.1, -0.05) is 21.6 Å². The summed E-state index contributed by atoms with van der Waals surface area (Å²) in [4.78, 5) is 2.29. The number of benzene rings is 2. The number of rotatable bonds is 4. The van der Waals surface area contributed by atoms with Crippen molar-refractivity contribution in [2.24, 2.45) is 0 Å². The highest BCUT2D eigenvalue weighted by atomic mass is 33.1. The summed E-state index contributed by atoms with van der Waals surface area (Å²) in [5.74, 6) is 0. The first-order valence-electron chi connectivity index (χ1n) is 4.98. The van der Waals surface area contributed by atoms with Crippen molar-refractivity contribution in [3.63, 3.8) is 0 Å². The molecule has 0 amide bonds. The van der Waals surface area contributed by atoms with Crippen LogP contribution in [0, 0.1) is 0 Å². The molecule has 0 aliphatic carbocycles. The second-order valence-corrected chi connectivity index (χ2v) is 5.65. The normalized spacial score (nSPS) is 10.2. The van der Waals surface area contributed by atoms with E-state index in [1.165, 1.54) is 0 Å². The highest BCUT2D eigenvalue weighted by Gasteiger charge is 1.98. The Morgan fingerprint density at radius 1 is 0.824 bits per heavy atom. The van der Waals surface area contributed by atoms with E-state index in [9.17, 15) is 0 Å². The summed E-state index contributed by atoms with van der Waals surface area (Å²) in [6.07, 6.45) is 0. The number of hydrogen-bond acceptors (Lipinski definition) is 5. The second-order valence-electron chi connectivity index (χ2n) is 3.37. The van der Waals surface area contributed by atoms with Crippen molar-refractivity contribution < 1.29 is 5.21 Å². The molecule has 88 valence electrons. The summed E-state index contributed by atoms with van der Waals surface area (Å²) >= 11 is 0. The van der Waals surface area contributed by atoms with Gasteiger partial charge in [0.1, 0.15) is 0 Å². The van der Waals surface area contributed by atoms with Crippen LogP contribution in [0.3, 0.4) is 0 Å². The van der Waals surface area contributed by atoms with E-state index < -0.39 is 0 Å². The molecule has 0 radical (unpaired) electrons. The molecule has 4 N–H and O–H groups in total. The molecule has 0 fully saturated rings. The molecular weight excluding hydrogens is 252 g/mol. The summed E-state index contributed by atoms with van der Waals surface area (Å²) < 4.78 is 0. The Kier molecular flexibility index (Phi) is 4.19. The maximum absolute atomic E-state index is 8.69. The zero-order valence-corrected chi connectivity index (χ0v) is 10.6. The van der Waals surface area contributed by atoms with Crippen LogP contribution in [0.15, 0.2) is 58.3 Å². The molecule has 0 aliphatic rings. The molecule has 0 unspecified atom stereocenters. The predicted molar refractivity (Wildman–Crippen MR) is 74.4 cm³/mol. The Balaban J connectivity index is 1.95. The van der Waals surface area contributed by atoms with Crippen LogP contribution in [-0.4, -0.2) is 5.21 Å². The number of nitrogens with two attached hydrogens (primary N) is 1. The first-order chi connectivity index (χ1) is 8.28. The minimum absolute atomic E-state index is 0.687. The molecule has 0 heterocycles. The molecule has 3 nitrogen and oxygen atoms in total. The summed E-state index contributed by atoms with van der Waals surface area (Å²) in [7, 11) is 3.34. The molecule has 17 heavy (non-hydrogen) atoms. The maximum atomic E-state index is 8.69. The van der Waals surface area contributed by atoms with E-state index in [1.807, 2.05) is 48.5 Å². The first kappa shape index (κ1) is 12.2. The fraction of sp³-hybridized carbons (Fsp3) is 0. The third-order valence-electron chi connectivity index (χ3n) is 2.10. The maximum Gasteiger partial charge on any atom is 0.0602 e. The van der Waals surface area contributed by atoms with Crippen molar-refractivity contribution in [3.05, 3.63) is 48.5 Å². The number of anilines is 2. The summed E-state index contributed by atoms with van der Waals surface area (Å²) in [6, 6.07) is 15.3. The smallest absolute Gasteiger partial charge is 0.0602 e. The average molecular weight is 264 g/mol. The van der Waals surface area contributed by atoms with Crippen molar-refractivity contribution in [3.8, 4) is 0 Å². The minimum atomic E-state index is 0.687. The molecular formula is C12H12N2OS2. The lowest BCUT2D eigenvalue weighted by Gasteiger charge is -2.03. The largest absolute Gasteiger partial charge is 0.399 e. The van der Waals surface area contributed by atoms with Gasteiger partial charge >= 0.3 is 0 Å².